The Labute approximate surface area is 183 Å². The number of nitrogens with zero attached hydrogens (tertiary/aromatic N) is 6. The highest BCUT2D eigenvalue weighted by molar-refractivity contribution is 7.88. The van der Waals surface area contributed by atoms with E-state index >= 15 is 0 Å². The zero-order valence-corrected chi connectivity index (χ0v) is 18.7. The average Bonchev–Trinajstić information content (AvgIpc) is 3.13. The summed E-state index contributed by atoms with van der Waals surface area (Å²) in [4.78, 5) is 8.87. The molecule has 1 N–H and O–H groups in total. The van der Waals surface area contributed by atoms with Crippen LogP contribution in [0.25, 0.3) is 21.9 Å². The summed E-state index contributed by atoms with van der Waals surface area (Å²) in [5.41, 5.74) is 1.11. The monoisotopic (exact) mass is 471 g/mol. The minimum absolute atomic E-state index is 0.0152. The molecule has 0 spiro atoms. The number of anilines is 1. The van der Waals surface area contributed by atoms with Gasteiger partial charge < -0.3 is 5.32 Å². The first-order valence-corrected chi connectivity index (χ1v) is 12.1. The highest BCUT2D eigenvalue weighted by Gasteiger charge is 2.31. The number of halogens is 3. The zero-order valence-electron chi connectivity index (χ0n) is 17.9. The lowest BCUT2D eigenvalue weighted by Gasteiger charge is -2.30. The van der Waals surface area contributed by atoms with E-state index in [1.807, 2.05) is 13.8 Å². The van der Waals surface area contributed by atoms with Gasteiger partial charge in [0.25, 0.3) is 0 Å². The number of rotatable bonds is 5. The maximum atomic E-state index is 13.1. The molecule has 0 unspecified atom stereocenters. The fourth-order valence-corrected chi connectivity index (χ4v) is 4.84. The first-order chi connectivity index (χ1) is 14.9. The Morgan fingerprint density at radius 2 is 1.91 bits per heavy atom. The van der Waals surface area contributed by atoms with Gasteiger partial charge in [0.1, 0.15) is 16.6 Å². The number of fused-ring (bicyclic) bond motifs is 3. The molecule has 3 aromatic rings. The Hall–Kier alpha value is -2.54. The van der Waals surface area contributed by atoms with E-state index in [2.05, 4.69) is 25.6 Å². The van der Waals surface area contributed by atoms with Crippen LogP contribution in [-0.4, -0.2) is 69.2 Å². The van der Waals surface area contributed by atoms with Crippen LogP contribution in [0.2, 0.25) is 0 Å². The number of sulfonamides is 1. The zero-order chi connectivity index (χ0) is 23.3. The van der Waals surface area contributed by atoms with Gasteiger partial charge in [-0.1, -0.05) is 5.21 Å². The molecule has 174 valence electrons. The lowest BCUT2D eigenvalue weighted by atomic mass is 10.1. The van der Waals surface area contributed by atoms with Crippen LogP contribution in [0.15, 0.2) is 12.3 Å². The smallest absolute Gasteiger partial charge is 0.351 e. The van der Waals surface area contributed by atoms with Crippen molar-refractivity contribution in [1.29, 1.82) is 0 Å². The fraction of sp³-hybridized carbons (Fsp3) is 0.579. The minimum atomic E-state index is -4.38. The molecule has 1 fully saturated rings. The number of piperidine rings is 1. The highest BCUT2D eigenvalue weighted by Crippen LogP contribution is 2.32. The molecule has 2 aromatic heterocycles. The van der Waals surface area contributed by atoms with Gasteiger partial charge in [-0.05, 0) is 38.3 Å². The van der Waals surface area contributed by atoms with Crippen molar-refractivity contribution in [3.05, 3.63) is 17.8 Å². The molecular formula is C19H24F3N7O2S. The Bertz CT molecular complexity index is 1250. The summed E-state index contributed by atoms with van der Waals surface area (Å²) < 4.78 is 65.8. The first kappa shape index (κ1) is 22.6. The van der Waals surface area contributed by atoms with E-state index in [0.717, 1.165) is 0 Å². The third kappa shape index (κ3) is 4.63. The topological polar surface area (TPSA) is 106 Å². The average molecular weight is 472 g/mol. The largest absolute Gasteiger partial charge is 0.393 e. The standard InChI is InChI=1S/C19H24F3N7O2S/c1-11(2)29-17-15-13(8-12(9-19(20,21)22)16(17)26-27-29)10-23-18(25-15)24-14-4-6-28(7-5-14)32(3,30)31/h8,10-11,14H,4-7,9H2,1-3H3,(H,23,24,25). The molecule has 1 aliphatic rings. The SMILES string of the molecule is CC(C)n1nnc2c(CC(F)(F)F)cc3cnc(NC4CCN(S(C)(=O)=O)CC4)nc3c21. The van der Waals surface area contributed by atoms with Crippen molar-refractivity contribution in [2.45, 2.75) is 51.4 Å². The molecular weight excluding hydrogens is 447 g/mol. The second kappa shape index (κ2) is 8.10. The summed E-state index contributed by atoms with van der Waals surface area (Å²) in [6.07, 6.45) is -1.62. The summed E-state index contributed by atoms with van der Waals surface area (Å²) in [6, 6.07) is 1.27. The predicted octanol–water partition coefficient (Wildman–Crippen LogP) is 2.90. The van der Waals surface area contributed by atoms with E-state index < -0.39 is 22.6 Å². The van der Waals surface area contributed by atoms with Gasteiger partial charge in [0.05, 0.1) is 12.7 Å². The number of nitrogens with one attached hydrogen (secondary N) is 1. The molecule has 0 radical (unpaired) electrons. The molecule has 0 saturated carbocycles. The van der Waals surface area contributed by atoms with Crippen LogP contribution in [-0.2, 0) is 16.4 Å². The van der Waals surface area contributed by atoms with Crippen LogP contribution >= 0.6 is 0 Å². The Morgan fingerprint density at radius 1 is 1.22 bits per heavy atom. The number of hydrogen-bond acceptors (Lipinski definition) is 7. The van der Waals surface area contributed by atoms with Crippen molar-refractivity contribution >= 4 is 37.9 Å². The molecule has 0 atom stereocenters. The fourth-order valence-electron chi connectivity index (χ4n) is 3.97. The summed E-state index contributed by atoms with van der Waals surface area (Å²) in [6.45, 7) is 4.54. The van der Waals surface area contributed by atoms with Crippen LogP contribution in [0.5, 0.6) is 0 Å². The summed E-state index contributed by atoms with van der Waals surface area (Å²) >= 11 is 0. The quantitative estimate of drug-likeness (QED) is 0.610. The van der Waals surface area contributed by atoms with Crippen molar-refractivity contribution in [1.82, 2.24) is 29.3 Å². The van der Waals surface area contributed by atoms with E-state index in [9.17, 15) is 21.6 Å². The normalized spacial score (nSPS) is 17.0. The van der Waals surface area contributed by atoms with Crippen molar-refractivity contribution in [3.8, 4) is 0 Å². The van der Waals surface area contributed by atoms with Crippen LogP contribution in [0.3, 0.4) is 0 Å². The second-order valence-corrected chi connectivity index (χ2v) is 10.3. The maximum absolute atomic E-state index is 13.1. The van der Waals surface area contributed by atoms with E-state index in [1.54, 1.807) is 4.68 Å². The summed E-state index contributed by atoms with van der Waals surface area (Å²) in [7, 11) is -3.22. The van der Waals surface area contributed by atoms with Gasteiger partial charge in [-0.25, -0.2) is 27.4 Å². The molecule has 1 aromatic carbocycles. The van der Waals surface area contributed by atoms with Crippen molar-refractivity contribution in [2.24, 2.45) is 0 Å². The Balaban J connectivity index is 1.70. The number of aromatic nitrogens is 5. The van der Waals surface area contributed by atoms with E-state index in [0.29, 0.717) is 48.3 Å². The van der Waals surface area contributed by atoms with E-state index in [-0.39, 0.29) is 23.2 Å². The molecule has 0 aliphatic carbocycles. The van der Waals surface area contributed by atoms with Crippen LogP contribution < -0.4 is 5.32 Å². The maximum Gasteiger partial charge on any atom is 0.393 e. The van der Waals surface area contributed by atoms with Crippen molar-refractivity contribution < 1.29 is 21.6 Å². The Morgan fingerprint density at radius 3 is 2.50 bits per heavy atom. The van der Waals surface area contributed by atoms with Crippen molar-refractivity contribution in [3.63, 3.8) is 0 Å². The van der Waals surface area contributed by atoms with E-state index in [1.165, 1.54) is 22.8 Å². The Kier molecular flexibility index (Phi) is 5.74. The predicted molar refractivity (Wildman–Crippen MR) is 114 cm³/mol. The van der Waals surface area contributed by atoms with Crippen molar-refractivity contribution in [2.75, 3.05) is 24.7 Å². The van der Waals surface area contributed by atoms with Gasteiger partial charge in [-0.2, -0.15) is 13.2 Å². The molecule has 13 heteroatoms. The molecule has 0 amide bonds. The highest BCUT2D eigenvalue weighted by atomic mass is 32.2. The molecule has 32 heavy (non-hydrogen) atoms. The molecule has 1 saturated heterocycles. The lowest BCUT2D eigenvalue weighted by Crippen LogP contribution is -2.42. The summed E-state index contributed by atoms with van der Waals surface area (Å²) in [5.74, 6) is 0.330. The van der Waals surface area contributed by atoms with Gasteiger partial charge in [0.2, 0.25) is 16.0 Å². The third-order valence-electron chi connectivity index (χ3n) is 5.51. The molecule has 3 heterocycles. The molecule has 0 bridgehead atoms. The molecule has 1 aliphatic heterocycles. The van der Waals surface area contributed by atoms with Crippen LogP contribution in [0.1, 0.15) is 38.3 Å². The van der Waals surface area contributed by atoms with Gasteiger partial charge in [0.15, 0.2) is 0 Å². The van der Waals surface area contributed by atoms with Gasteiger partial charge in [-0.15, -0.1) is 5.10 Å². The first-order valence-electron chi connectivity index (χ1n) is 10.2. The van der Waals surface area contributed by atoms with Gasteiger partial charge in [-0.3, -0.25) is 0 Å². The molecule has 4 rings (SSSR count). The molecule has 9 nitrogen and oxygen atoms in total. The lowest BCUT2D eigenvalue weighted by molar-refractivity contribution is -0.127. The van der Waals surface area contributed by atoms with Gasteiger partial charge in [0, 0.05) is 36.8 Å². The third-order valence-corrected chi connectivity index (χ3v) is 6.81. The van der Waals surface area contributed by atoms with Crippen LogP contribution in [0, 0.1) is 0 Å². The number of benzene rings is 1. The number of alkyl halides is 3. The second-order valence-electron chi connectivity index (χ2n) is 8.36. The number of hydrogen-bond donors (Lipinski definition) is 1. The summed E-state index contributed by atoms with van der Waals surface area (Å²) in [5, 5.41) is 11.8. The minimum Gasteiger partial charge on any atom is -0.351 e. The van der Waals surface area contributed by atoms with Gasteiger partial charge >= 0.3 is 6.18 Å². The van der Waals surface area contributed by atoms with E-state index in [4.69, 9.17) is 0 Å². The van der Waals surface area contributed by atoms with Crippen LogP contribution in [0.4, 0.5) is 19.1 Å².